The fraction of sp³-hybridized carbons (Fsp3) is 0.538. The molecule has 0 amide bonds. The van der Waals surface area contributed by atoms with Crippen LogP contribution in [0.5, 0.6) is 0 Å². The van der Waals surface area contributed by atoms with Gasteiger partial charge in [-0.25, -0.2) is 0 Å². The Labute approximate surface area is 85.8 Å². The molecule has 1 aliphatic carbocycles. The van der Waals surface area contributed by atoms with Gasteiger partial charge in [-0.05, 0) is 42.9 Å². The zero-order chi connectivity index (χ0) is 10.3. The summed E-state index contributed by atoms with van der Waals surface area (Å²) in [4.78, 5) is 0. The maximum absolute atomic E-state index is 10.3. The quantitative estimate of drug-likeness (QED) is 0.760. The van der Waals surface area contributed by atoms with Crippen LogP contribution in [0, 0.1) is 19.8 Å². The Kier molecular flexibility index (Phi) is 2.15. The van der Waals surface area contributed by atoms with E-state index in [2.05, 4.69) is 39.0 Å². The SMILES string of the molecule is CCC1CC1(O)c1ccc(C)c(C)c1. The highest BCUT2D eigenvalue weighted by molar-refractivity contribution is 5.36. The lowest BCUT2D eigenvalue weighted by Crippen LogP contribution is -2.08. The lowest BCUT2D eigenvalue weighted by molar-refractivity contribution is 0.130. The van der Waals surface area contributed by atoms with Gasteiger partial charge in [0.25, 0.3) is 0 Å². The Morgan fingerprint density at radius 1 is 1.36 bits per heavy atom. The van der Waals surface area contributed by atoms with Crippen LogP contribution in [0.3, 0.4) is 0 Å². The predicted octanol–water partition coefficient (Wildman–Crippen LogP) is 2.92. The molecule has 2 atom stereocenters. The highest BCUT2D eigenvalue weighted by atomic mass is 16.3. The minimum absolute atomic E-state index is 0.476. The van der Waals surface area contributed by atoms with Gasteiger partial charge in [0.05, 0.1) is 5.60 Å². The summed E-state index contributed by atoms with van der Waals surface area (Å²) >= 11 is 0. The third kappa shape index (κ3) is 1.36. The van der Waals surface area contributed by atoms with Crippen LogP contribution in [0.15, 0.2) is 18.2 Å². The van der Waals surface area contributed by atoms with Gasteiger partial charge >= 0.3 is 0 Å². The van der Waals surface area contributed by atoms with E-state index in [4.69, 9.17) is 0 Å². The van der Waals surface area contributed by atoms with Crippen LogP contribution < -0.4 is 0 Å². The molecule has 1 fully saturated rings. The Balaban J connectivity index is 2.31. The molecule has 1 aliphatic rings. The van der Waals surface area contributed by atoms with Crippen molar-refractivity contribution in [3.05, 3.63) is 34.9 Å². The Bertz CT molecular complexity index is 356. The van der Waals surface area contributed by atoms with Gasteiger partial charge in [0.2, 0.25) is 0 Å². The Morgan fingerprint density at radius 3 is 2.57 bits per heavy atom. The van der Waals surface area contributed by atoms with Crippen molar-refractivity contribution in [3.8, 4) is 0 Å². The first-order valence-electron chi connectivity index (χ1n) is 5.38. The smallest absolute Gasteiger partial charge is 0.0929 e. The third-order valence-electron chi connectivity index (χ3n) is 3.57. The Morgan fingerprint density at radius 2 is 2.07 bits per heavy atom. The molecule has 1 saturated carbocycles. The molecule has 1 aromatic rings. The molecule has 0 spiro atoms. The number of hydrogen-bond donors (Lipinski definition) is 1. The number of hydrogen-bond acceptors (Lipinski definition) is 1. The van der Waals surface area contributed by atoms with Gasteiger partial charge < -0.3 is 5.11 Å². The van der Waals surface area contributed by atoms with Crippen LogP contribution in [0.2, 0.25) is 0 Å². The summed E-state index contributed by atoms with van der Waals surface area (Å²) in [5, 5.41) is 10.3. The van der Waals surface area contributed by atoms with E-state index >= 15 is 0 Å². The van der Waals surface area contributed by atoms with Crippen molar-refractivity contribution in [1.82, 2.24) is 0 Å². The van der Waals surface area contributed by atoms with Gasteiger partial charge in [-0.2, -0.15) is 0 Å². The summed E-state index contributed by atoms with van der Waals surface area (Å²) in [5.41, 5.74) is 3.17. The average Bonchev–Trinajstić information content (AvgIpc) is 2.83. The van der Waals surface area contributed by atoms with Crippen LogP contribution in [0.1, 0.15) is 36.5 Å². The molecule has 14 heavy (non-hydrogen) atoms. The minimum Gasteiger partial charge on any atom is -0.385 e. The number of aliphatic hydroxyl groups is 1. The van der Waals surface area contributed by atoms with Crippen molar-refractivity contribution in [1.29, 1.82) is 0 Å². The van der Waals surface area contributed by atoms with Gasteiger partial charge in [0.1, 0.15) is 0 Å². The fourth-order valence-corrected chi connectivity index (χ4v) is 2.16. The first-order chi connectivity index (χ1) is 6.58. The van der Waals surface area contributed by atoms with Crippen LogP contribution in [0.25, 0.3) is 0 Å². The maximum Gasteiger partial charge on any atom is 0.0929 e. The van der Waals surface area contributed by atoms with E-state index in [-0.39, 0.29) is 0 Å². The van der Waals surface area contributed by atoms with Crippen molar-refractivity contribution < 1.29 is 5.11 Å². The summed E-state index contributed by atoms with van der Waals surface area (Å²) in [5.74, 6) is 0.476. The first-order valence-corrected chi connectivity index (χ1v) is 5.38. The number of benzene rings is 1. The normalized spacial score (nSPS) is 30.4. The van der Waals surface area contributed by atoms with E-state index in [1.807, 2.05) is 0 Å². The third-order valence-corrected chi connectivity index (χ3v) is 3.57. The molecule has 0 radical (unpaired) electrons. The van der Waals surface area contributed by atoms with E-state index < -0.39 is 5.60 Å². The zero-order valence-corrected chi connectivity index (χ0v) is 9.17. The fourth-order valence-electron chi connectivity index (χ4n) is 2.16. The summed E-state index contributed by atoms with van der Waals surface area (Å²) < 4.78 is 0. The van der Waals surface area contributed by atoms with E-state index in [0.29, 0.717) is 5.92 Å². The van der Waals surface area contributed by atoms with Crippen molar-refractivity contribution in [2.24, 2.45) is 5.92 Å². The average molecular weight is 190 g/mol. The maximum atomic E-state index is 10.3. The lowest BCUT2D eigenvalue weighted by Gasteiger charge is -2.12. The van der Waals surface area contributed by atoms with Crippen molar-refractivity contribution in [2.45, 2.75) is 39.2 Å². The van der Waals surface area contributed by atoms with Gasteiger partial charge in [-0.15, -0.1) is 0 Å². The Hall–Kier alpha value is -0.820. The summed E-state index contributed by atoms with van der Waals surface area (Å²) in [6.07, 6.45) is 2.01. The molecule has 76 valence electrons. The van der Waals surface area contributed by atoms with Crippen LogP contribution in [0.4, 0.5) is 0 Å². The first kappa shape index (κ1) is 9.72. The van der Waals surface area contributed by atoms with Gasteiger partial charge in [-0.1, -0.05) is 31.5 Å². The lowest BCUT2D eigenvalue weighted by atomic mass is 9.99. The van der Waals surface area contributed by atoms with E-state index in [9.17, 15) is 5.11 Å². The van der Waals surface area contributed by atoms with Crippen LogP contribution >= 0.6 is 0 Å². The molecule has 1 heteroatoms. The second-order valence-corrected chi connectivity index (χ2v) is 4.53. The highest BCUT2D eigenvalue weighted by Gasteiger charge is 2.52. The molecule has 0 saturated heterocycles. The molecule has 0 aliphatic heterocycles. The predicted molar refractivity (Wildman–Crippen MR) is 58.2 cm³/mol. The largest absolute Gasteiger partial charge is 0.385 e. The van der Waals surface area contributed by atoms with Gasteiger partial charge in [-0.3, -0.25) is 0 Å². The molecule has 0 heterocycles. The zero-order valence-electron chi connectivity index (χ0n) is 9.17. The molecule has 0 bridgehead atoms. The molecule has 2 unspecified atom stereocenters. The molecular formula is C13H18O. The second kappa shape index (κ2) is 3.09. The van der Waals surface area contributed by atoms with E-state index in [1.165, 1.54) is 11.1 Å². The number of rotatable bonds is 2. The molecular weight excluding hydrogens is 172 g/mol. The minimum atomic E-state index is -0.507. The molecule has 2 rings (SSSR count). The monoisotopic (exact) mass is 190 g/mol. The topological polar surface area (TPSA) is 20.2 Å². The van der Waals surface area contributed by atoms with Crippen molar-refractivity contribution in [2.75, 3.05) is 0 Å². The standard InChI is InChI=1S/C13H18O/c1-4-11-8-13(11,14)12-6-5-9(2)10(3)7-12/h5-7,11,14H,4,8H2,1-3H3. The molecule has 1 aromatic carbocycles. The summed E-state index contributed by atoms with van der Waals surface area (Å²) in [7, 11) is 0. The number of aryl methyl sites for hydroxylation is 2. The molecule has 1 N–H and O–H groups in total. The van der Waals surface area contributed by atoms with Gasteiger partial charge in [0, 0.05) is 0 Å². The molecule has 1 nitrogen and oxygen atoms in total. The van der Waals surface area contributed by atoms with E-state index in [1.54, 1.807) is 0 Å². The van der Waals surface area contributed by atoms with E-state index in [0.717, 1.165) is 18.4 Å². The van der Waals surface area contributed by atoms with Crippen LogP contribution in [-0.2, 0) is 5.60 Å². The second-order valence-electron chi connectivity index (χ2n) is 4.53. The summed E-state index contributed by atoms with van der Waals surface area (Å²) in [6.45, 7) is 6.35. The van der Waals surface area contributed by atoms with Crippen molar-refractivity contribution in [3.63, 3.8) is 0 Å². The van der Waals surface area contributed by atoms with Gasteiger partial charge in [0.15, 0.2) is 0 Å². The summed E-state index contributed by atoms with van der Waals surface area (Å²) in [6, 6.07) is 6.30. The molecule has 0 aromatic heterocycles. The van der Waals surface area contributed by atoms with Crippen LogP contribution in [-0.4, -0.2) is 5.11 Å². The highest BCUT2D eigenvalue weighted by Crippen LogP contribution is 2.53. The van der Waals surface area contributed by atoms with Crippen molar-refractivity contribution >= 4 is 0 Å².